The van der Waals surface area contributed by atoms with Gasteiger partial charge in [0.1, 0.15) is 11.1 Å². The van der Waals surface area contributed by atoms with Crippen LogP contribution in [0.4, 0.5) is 18.9 Å². The molecule has 0 spiro atoms. The van der Waals surface area contributed by atoms with Crippen molar-refractivity contribution in [2.24, 2.45) is 0 Å². The summed E-state index contributed by atoms with van der Waals surface area (Å²) in [5.74, 6) is 0. The van der Waals surface area contributed by atoms with Crippen LogP contribution in [0, 0.1) is 0 Å². The van der Waals surface area contributed by atoms with Crippen molar-refractivity contribution in [2.45, 2.75) is 26.1 Å². The summed E-state index contributed by atoms with van der Waals surface area (Å²) in [4.78, 5) is 11.8. The number of nitrogens with zero attached hydrogens (tertiary/aromatic N) is 2. The van der Waals surface area contributed by atoms with Gasteiger partial charge < -0.3 is 10.1 Å². The number of hydrogen-bond acceptors (Lipinski definition) is 4. The first-order valence-corrected chi connectivity index (χ1v) is 6.78. The maximum Gasteiger partial charge on any atom is 0.411 e. The summed E-state index contributed by atoms with van der Waals surface area (Å²) in [6, 6.07) is 0. The Kier molecular flexibility index (Phi) is 6.47. The van der Waals surface area contributed by atoms with E-state index in [2.05, 4.69) is 31.1 Å². The summed E-state index contributed by atoms with van der Waals surface area (Å²) in [6.45, 7) is 1.17. The van der Waals surface area contributed by atoms with Crippen LogP contribution >= 0.6 is 15.9 Å². The molecular weight excluding hydrogens is 343 g/mol. The zero-order valence-electron chi connectivity index (χ0n) is 10.8. The summed E-state index contributed by atoms with van der Waals surface area (Å²) in [7, 11) is 0. The molecule has 0 aliphatic rings. The van der Waals surface area contributed by atoms with Crippen LogP contribution in [0.2, 0.25) is 0 Å². The van der Waals surface area contributed by atoms with Crippen molar-refractivity contribution < 1.29 is 17.9 Å². The molecule has 0 bridgehead atoms. The lowest BCUT2D eigenvalue weighted by Crippen LogP contribution is -2.25. The van der Waals surface area contributed by atoms with Crippen molar-refractivity contribution >= 4 is 21.6 Å². The molecule has 0 radical (unpaired) electrons. The van der Waals surface area contributed by atoms with Crippen molar-refractivity contribution in [3.63, 3.8) is 0 Å². The smallest absolute Gasteiger partial charge is 0.380 e. The Morgan fingerprint density at radius 1 is 1.50 bits per heavy atom. The molecule has 5 nitrogen and oxygen atoms in total. The molecule has 1 aromatic rings. The van der Waals surface area contributed by atoms with Gasteiger partial charge in [0.05, 0.1) is 18.5 Å². The number of aryl methyl sites for hydroxylation is 1. The summed E-state index contributed by atoms with van der Waals surface area (Å²) >= 11 is 3.15. The van der Waals surface area contributed by atoms with Crippen LogP contribution in [0.1, 0.15) is 13.3 Å². The van der Waals surface area contributed by atoms with Crippen LogP contribution in [0.3, 0.4) is 0 Å². The first-order valence-electron chi connectivity index (χ1n) is 5.99. The Morgan fingerprint density at radius 3 is 2.80 bits per heavy atom. The van der Waals surface area contributed by atoms with E-state index in [0.29, 0.717) is 16.7 Å². The number of ether oxygens (including phenoxy) is 1. The number of aromatic nitrogens is 2. The van der Waals surface area contributed by atoms with Gasteiger partial charge in [-0.1, -0.05) is 6.92 Å². The van der Waals surface area contributed by atoms with Crippen LogP contribution in [-0.2, 0) is 11.3 Å². The predicted octanol–water partition coefficient (Wildman–Crippen LogP) is 2.41. The van der Waals surface area contributed by atoms with E-state index in [9.17, 15) is 18.0 Å². The minimum Gasteiger partial charge on any atom is -0.380 e. The minimum absolute atomic E-state index is 0.121. The van der Waals surface area contributed by atoms with E-state index >= 15 is 0 Å². The fourth-order valence-corrected chi connectivity index (χ4v) is 1.85. The van der Waals surface area contributed by atoms with Gasteiger partial charge >= 0.3 is 6.18 Å². The number of hydrogen-bond donors (Lipinski definition) is 1. The molecular formula is C11H15BrF3N3O2. The molecule has 0 aliphatic heterocycles. The largest absolute Gasteiger partial charge is 0.411 e. The zero-order chi connectivity index (χ0) is 15.2. The number of halogens is 4. The Bertz CT molecular complexity index is 491. The Morgan fingerprint density at radius 2 is 2.20 bits per heavy atom. The molecule has 1 N–H and O–H groups in total. The fraction of sp³-hybridized carbons (Fsp3) is 0.636. The van der Waals surface area contributed by atoms with Crippen molar-refractivity contribution in [3.05, 3.63) is 21.0 Å². The molecule has 114 valence electrons. The molecule has 0 aliphatic carbocycles. The lowest BCUT2D eigenvalue weighted by molar-refractivity contribution is -0.172. The average molecular weight is 358 g/mol. The van der Waals surface area contributed by atoms with Crippen molar-refractivity contribution in [2.75, 3.05) is 25.1 Å². The van der Waals surface area contributed by atoms with Gasteiger partial charge in [-0.25, -0.2) is 4.68 Å². The third-order valence-corrected chi connectivity index (χ3v) is 3.01. The van der Waals surface area contributed by atoms with Gasteiger partial charge in [0.15, 0.2) is 0 Å². The molecule has 0 unspecified atom stereocenters. The Balaban J connectivity index is 2.49. The second-order valence-electron chi connectivity index (χ2n) is 4.00. The normalized spacial score (nSPS) is 11.7. The van der Waals surface area contributed by atoms with Gasteiger partial charge in [-0.05, 0) is 22.4 Å². The third-order valence-electron chi connectivity index (χ3n) is 2.25. The molecule has 0 saturated heterocycles. The molecule has 20 heavy (non-hydrogen) atoms. The Hall–Kier alpha value is -1.09. The van der Waals surface area contributed by atoms with Crippen LogP contribution < -0.4 is 10.9 Å². The molecule has 1 rings (SSSR count). The Labute approximate surface area is 122 Å². The molecule has 0 aromatic carbocycles. The molecule has 0 saturated carbocycles. The van der Waals surface area contributed by atoms with Crippen LogP contribution in [0.15, 0.2) is 15.5 Å². The fourth-order valence-electron chi connectivity index (χ4n) is 1.41. The number of nitrogens with one attached hydrogen (secondary N) is 1. The minimum atomic E-state index is -4.33. The maximum absolute atomic E-state index is 11.8. The van der Waals surface area contributed by atoms with Gasteiger partial charge in [0.2, 0.25) is 0 Å². The number of anilines is 1. The van der Waals surface area contributed by atoms with Gasteiger partial charge in [0.25, 0.3) is 5.56 Å². The monoisotopic (exact) mass is 357 g/mol. The quantitative estimate of drug-likeness (QED) is 0.761. The standard InChI is InChI=1S/C11H15BrF3N3O2/c1-2-4-18-10(19)9(12)8(6-17-18)16-3-5-20-7-11(13,14)15/h6,16H,2-5,7H2,1H3. The lowest BCUT2D eigenvalue weighted by Gasteiger charge is -2.11. The van der Waals surface area contributed by atoms with Gasteiger partial charge in [-0.2, -0.15) is 18.3 Å². The van der Waals surface area contributed by atoms with E-state index < -0.39 is 12.8 Å². The molecule has 0 atom stereocenters. The van der Waals surface area contributed by atoms with Gasteiger partial charge in [-0.3, -0.25) is 4.79 Å². The highest BCUT2D eigenvalue weighted by atomic mass is 79.9. The molecule has 9 heteroatoms. The summed E-state index contributed by atoms with van der Waals surface area (Å²) in [5.41, 5.74) is 0.144. The van der Waals surface area contributed by atoms with Gasteiger partial charge in [0, 0.05) is 13.1 Å². The highest BCUT2D eigenvalue weighted by Crippen LogP contribution is 2.16. The van der Waals surface area contributed by atoms with Gasteiger partial charge in [-0.15, -0.1) is 0 Å². The zero-order valence-corrected chi connectivity index (χ0v) is 12.4. The first-order chi connectivity index (χ1) is 9.35. The molecule has 1 aromatic heterocycles. The second-order valence-corrected chi connectivity index (χ2v) is 4.79. The summed E-state index contributed by atoms with van der Waals surface area (Å²) in [5, 5.41) is 6.75. The van der Waals surface area contributed by atoms with E-state index in [-0.39, 0.29) is 18.7 Å². The first kappa shape index (κ1) is 17.0. The van der Waals surface area contributed by atoms with Crippen molar-refractivity contribution in [1.82, 2.24) is 9.78 Å². The highest BCUT2D eigenvalue weighted by Gasteiger charge is 2.27. The summed E-state index contributed by atoms with van der Waals surface area (Å²) < 4.78 is 41.6. The predicted molar refractivity (Wildman–Crippen MR) is 71.9 cm³/mol. The van der Waals surface area contributed by atoms with E-state index in [1.165, 1.54) is 10.9 Å². The second kappa shape index (κ2) is 7.63. The average Bonchev–Trinajstić information content (AvgIpc) is 2.36. The number of rotatable bonds is 7. The van der Waals surface area contributed by atoms with Crippen molar-refractivity contribution in [3.8, 4) is 0 Å². The van der Waals surface area contributed by atoms with E-state index in [4.69, 9.17) is 0 Å². The van der Waals surface area contributed by atoms with E-state index in [1.54, 1.807) is 0 Å². The van der Waals surface area contributed by atoms with Crippen LogP contribution in [-0.4, -0.2) is 35.7 Å². The lowest BCUT2D eigenvalue weighted by atomic mass is 10.4. The maximum atomic E-state index is 11.8. The van der Waals surface area contributed by atoms with Crippen LogP contribution in [0.25, 0.3) is 0 Å². The third kappa shape index (κ3) is 5.49. The summed E-state index contributed by atoms with van der Waals surface area (Å²) in [6.07, 6.45) is -2.11. The molecule has 0 amide bonds. The SMILES string of the molecule is CCCn1ncc(NCCOCC(F)(F)F)c(Br)c1=O. The molecule has 0 fully saturated rings. The highest BCUT2D eigenvalue weighted by molar-refractivity contribution is 9.10. The number of alkyl halides is 3. The molecule has 1 heterocycles. The van der Waals surface area contributed by atoms with Crippen LogP contribution in [0.5, 0.6) is 0 Å². The van der Waals surface area contributed by atoms with E-state index in [1.807, 2.05) is 6.92 Å². The topological polar surface area (TPSA) is 56.1 Å². The van der Waals surface area contributed by atoms with E-state index in [0.717, 1.165) is 6.42 Å². The van der Waals surface area contributed by atoms with Crippen molar-refractivity contribution in [1.29, 1.82) is 0 Å².